The van der Waals surface area contributed by atoms with Crippen LogP contribution in [0.2, 0.25) is 10.2 Å². The molecule has 0 bridgehead atoms. The molecule has 0 amide bonds. The number of thioether (sulfide) groups is 1. The summed E-state index contributed by atoms with van der Waals surface area (Å²) in [4.78, 5) is 4.79. The van der Waals surface area contributed by atoms with Gasteiger partial charge < -0.3 is 31.1 Å². The summed E-state index contributed by atoms with van der Waals surface area (Å²) in [6.45, 7) is 0.200. The van der Waals surface area contributed by atoms with Crippen LogP contribution in [0.5, 0.6) is 0 Å². The number of nitriles is 1. The van der Waals surface area contributed by atoms with E-state index in [0.717, 1.165) is 0 Å². The largest absolute Gasteiger partial charge is 0.395 e. The van der Waals surface area contributed by atoms with Crippen LogP contribution in [0.25, 0.3) is 5.70 Å². The molecule has 13 heteroatoms. The predicted molar refractivity (Wildman–Crippen MR) is 121 cm³/mol. The number of hydrogen-bond acceptors (Lipinski definition) is 11. The fourth-order valence-corrected chi connectivity index (χ4v) is 5.01. The van der Waals surface area contributed by atoms with Gasteiger partial charge in [0, 0.05) is 16.5 Å². The zero-order chi connectivity index (χ0) is 22.5. The van der Waals surface area contributed by atoms with Crippen LogP contribution in [0.3, 0.4) is 0 Å². The molecular weight excluding hydrogens is 483 g/mol. The number of ether oxygens (including phenoxy) is 2. The van der Waals surface area contributed by atoms with E-state index >= 15 is 0 Å². The number of benzene rings is 1. The zero-order valence-electron chi connectivity index (χ0n) is 16.0. The number of hydrogen-bond donors (Lipinski definition) is 4. The van der Waals surface area contributed by atoms with E-state index in [-0.39, 0.29) is 18.9 Å². The minimum atomic E-state index is -1.11. The number of nitrogens with two attached hydrogens (primary N) is 3. The highest BCUT2D eigenvalue weighted by Crippen LogP contribution is 2.32. The van der Waals surface area contributed by atoms with Crippen LogP contribution < -0.4 is 17.3 Å². The summed E-state index contributed by atoms with van der Waals surface area (Å²) in [7, 11) is 0. The average Bonchev–Trinajstić information content (AvgIpc) is 3.16. The molecule has 1 aliphatic heterocycles. The molecule has 1 aromatic heterocycles. The molecule has 7 N–H and O–H groups in total. The number of hydrazine groups is 1. The Labute approximate surface area is 197 Å². The van der Waals surface area contributed by atoms with Crippen molar-refractivity contribution in [2.75, 3.05) is 13.2 Å². The molecule has 2 heterocycles. The Morgan fingerprint density at radius 2 is 2.19 bits per heavy atom. The van der Waals surface area contributed by atoms with Gasteiger partial charge in [0.05, 0.1) is 35.5 Å². The summed E-state index contributed by atoms with van der Waals surface area (Å²) in [5.74, 6) is 6.18. The van der Waals surface area contributed by atoms with Crippen molar-refractivity contribution in [2.45, 2.75) is 28.7 Å². The number of thiazole rings is 1. The van der Waals surface area contributed by atoms with Gasteiger partial charge in [-0.25, -0.2) is 10.8 Å². The number of nitrogens with zero attached hydrogens (tertiary/aromatic N) is 3. The van der Waals surface area contributed by atoms with E-state index in [0.29, 0.717) is 25.6 Å². The fourth-order valence-electron chi connectivity index (χ4n) is 2.73. The molecule has 1 aliphatic rings. The minimum Gasteiger partial charge on any atom is -0.395 e. The third-order valence-corrected chi connectivity index (χ3v) is 6.94. The van der Waals surface area contributed by atoms with E-state index in [1.807, 2.05) is 6.07 Å². The molecule has 31 heavy (non-hydrogen) atoms. The Morgan fingerprint density at radius 3 is 2.84 bits per heavy atom. The second-order valence-electron chi connectivity index (χ2n) is 6.52. The SMILES string of the molecule is N#Cc1ccc(SC2OC(N)COC[C@@H](N(N)/C=C(\N)c3nc(Cl)cs3)C2O)cc1Cl. The van der Waals surface area contributed by atoms with Crippen LogP contribution in [0.1, 0.15) is 10.6 Å². The molecule has 1 aromatic carbocycles. The van der Waals surface area contributed by atoms with E-state index in [1.165, 1.54) is 34.3 Å². The van der Waals surface area contributed by atoms with Crippen LogP contribution in [0, 0.1) is 11.3 Å². The van der Waals surface area contributed by atoms with Gasteiger partial charge in [0.25, 0.3) is 0 Å². The van der Waals surface area contributed by atoms with Gasteiger partial charge in [0.15, 0.2) is 0 Å². The van der Waals surface area contributed by atoms with Crippen LogP contribution >= 0.6 is 46.3 Å². The molecule has 2 aromatic rings. The van der Waals surface area contributed by atoms with Gasteiger partial charge in [-0.2, -0.15) is 5.26 Å². The third kappa shape index (κ3) is 6.23. The second-order valence-corrected chi connectivity index (χ2v) is 9.34. The summed E-state index contributed by atoms with van der Waals surface area (Å²) in [6.07, 6.45) is -0.403. The van der Waals surface area contributed by atoms with Crippen molar-refractivity contribution in [3.8, 4) is 6.07 Å². The number of aliphatic hydroxyl groups is 1. The molecular formula is C18H20Cl2N6O3S2. The summed E-state index contributed by atoms with van der Waals surface area (Å²) < 4.78 is 11.3. The lowest BCUT2D eigenvalue weighted by Gasteiger charge is -2.37. The van der Waals surface area contributed by atoms with Crippen molar-refractivity contribution in [3.63, 3.8) is 0 Å². The van der Waals surface area contributed by atoms with Gasteiger partial charge in [-0.05, 0) is 18.2 Å². The van der Waals surface area contributed by atoms with Gasteiger partial charge in [-0.15, -0.1) is 11.3 Å². The lowest BCUT2D eigenvalue weighted by molar-refractivity contribution is -0.120. The highest BCUT2D eigenvalue weighted by molar-refractivity contribution is 7.99. The highest BCUT2D eigenvalue weighted by atomic mass is 35.5. The van der Waals surface area contributed by atoms with Crippen molar-refractivity contribution in [2.24, 2.45) is 17.3 Å². The third-order valence-electron chi connectivity index (χ3n) is 4.26. The number of aromatic nitrogens is 1. The van der Waals surface area contributed by atoms with E-state index in [2.05, 4.69) is 4.98 Å². The summed E-state index contributed by atoms with van der Waals surface area (Å²) in [5, 5.41) is 24.1. The van der Waals surface area contributed by atoms with Crippen molar-refractivity contribution < 1.29 is 14.6 Å². The lowest BCUT2D eigenvalue weighted by atomic mass is 10.1. The molecule has 0 saturated carbocycles. The first-order chi connectivity index (χ1) is 14.8. The van der Waals surface area contributed by atoms with E-state index < -0.39 is 23.8 Å². The first kappa shape index (κ1) is 24.1. The summed E-state index contributed by atoms with van der Waals surface area (Å²) in [6, 6.07) is 6.24. The Bertz CT molecular complexity index is 985. The number of aliphatic hydroxyl groups excluding tert-OH is 1. The number of rotatable bonds is 5. The first-order valence-electron chi connectivity index (χ1n) is 8.93. The number of halogens is 2. The maximum absolute atomic E-state index is 11.0. The topological polar surface area (TPSA) is 157 Å². The Hall–Kier alpha value is -1.59. The van der Waals surface area contributed by atoms with Crippen molar-refractivity contribution in [1.82, 2.24) is 9.99 Å². The van der Waals surface area contributed by atoms with Gasteiger partial charge in [0.2, 0.25) is 0 Å². The monoisotopic (exact) mass is 502 g/mol. The van der Waals surface area contributed by atoms with E-state index in [4.69, 9.17) is 55.2 Å². The minimum absolute atomic E-state index is 0.0856. The van der Waals surface area contributed by atoms with Gasteiger partial charge in [0.1, 0.15) is 34.0 Å². The second kappa shape index (κ2) is 10.8. The fraction of sp³-hybridized carbons (Fsp3) is 0.333. The Morgan fingerprint density at radius 1 is 1.42 bits per heavy atom. The zero-order valence-corrected chi connectivity index (χ0v) is 19.2. The normalized spacial score (nSPS) is 24.8. The van der Waals surface area contributed by atoms with Crippen molar-refractivity contribution in [1.29, 1.82) is 5.26 Å². The van der Waals surface area contributed by atoms with Crippen molar-refractivity contribution >= 4 is 52.0 Å². The summed E-state index contributed by atoms with van der Waals surface area (Å²) in [5.41, 5.74) is 11.8. The molecule has 1 saturated heterocycles. The molecule has 9 nitrogen and oxygen atoms in total. The van der Waals surface area contributed by atoms with Crippen LogP contribution in [-0.4, -0.2) is 52.1 Å². The van der Waals surface area contributed by atoms with E-state index in [1.54, 1.807) is 23.6 Å². The maximum atomic E-state index is 11.0. The van der Waals surface area contributed by atoms with Gasteiger partial charge >= 0.3 is 0 Å². The van der Waals surface area contributed by atoms with Crippen LogP contribution in [-0.2, 0) is 9.47 Å². The smallest absolute Gasteiger partial charge is 0.142 e. The molecule has 0 radical (unpaired) electrons. The quantitative estimate of drug-likeness (QED) is 0.351. The van der Waals surface area contributed by atoms with Gasteiger partial charge in [-0.1, -0.05) is 35.0 Å². The molecule has 4 atom stereocenters. The lowest BCUT2D eigenvalue weighted by Crippen LogP contribution is -2.55. The maximum Gasteiger partial charge on any atom is 0.142 e. The Balaban J connectivity index is 1.80. The first-order valence-corrected chi connectivity index (χ1v) is 11.4. The highest BCUT2D eigenvalue weighted by Gasteiger charge is 2.35. The molecule has 3 rings (SSSR count). The molecule has 1 fully saturated rings. The van der Waals surface area contributed by atoms with E-state index in [9.17, 15) is 5.11 Å². The van der Waals surface area contributed by atoms with Crippen LogP contribution in [0.4, 0.5) is 0 Å². The summed E-state index contributed by atoms with van der Waals surface area (Å²) >= 11 is 14.4. The molecule has 3 unspecified atom stereocenters. The molecule has 166 valence electrons. The Kier molecular flexibility index (Phi) is 8.40. The molecule has 0 aliphatic carbocycles. The van der Waals surface area contributed by atoms with Crippen LogP contribution in [0.15, 0.2) is 34.7 Å². The average molecular weight is 503 g/mol. The molecule has 0 spiro atoms. The predicted octanol–water partition coefficient (Wildman–Crippen LogP) is 1.93. The standard InChI is InChI=1S/C18H20Cl2N6O3S2/c19-11-3-10(2-1-9(11)4-21)31-18-16(27)13(6-28-7-15(23)29-18)26(24)5-12(22)17-25-14(20)8-30-17/h1-3,5,8,13,15-16,18,27H,6-7,22-24H2/b12-5-/t13-,15?,16?,18?/m1/s1. The van der Waals surface area contributed by atoms with Gasteiger partial charge in [-0.3, -0.25) is 0 Å². The van der Waals surface area contributed by atoms with Crippen molar-refractivity contribution in [3.05, 3.63) is 50.5 Å².